The molecule has 164 valence electrons. The highest BCUT2D eigenvalue weighted by molar-refractivity contribution is 6.19. The van der Waals surface area contributed by atoms with Crippen LogP contribution in [0.1, 0.15) is 61.8 Å². The van der Waals surface area contributed by atoms with Gasteiger partial charge in [0.25, 0.3) is 11.8 Å². The lowest BCUT2D eigenvalue weighted by Gasteiger charge is -2.34. The zero-order valence-corrected chi connectivity index (χ0v) is 16.8. The number of benzene rings is 1. The average molecular weight is 433 g/mol. The summed E-state index contributed by atoms with van der Waals surface area (Å²) in [4.78, 5) is 13.3. The van der Waals surface area contributed by atoms with Crippen molar-refractivity contribution in [1.29, 1.82) is 0 Å². The van der Waals surface area contributed by atoms with Crippen LogP contribution in [0, 0.1) is 0 Å². The molecule has 1 aromatic carbocycles. The van der Waals surface area contributed by atoms with Crippen molar-refractivity contribution in [3.63, 3.8) is 0 Å². The lowest BCUT2D eigenvalue weighted by molar-refractivity contribution is -0.161. The van der Waals surface area contributed by atoms with Crippen molar-refractivity contribution >= 4 is 11.5 Å². The molecule has 1 amide bonds. The molecule has 3 unspecified atom stereocenters. The highest BCUT2D eigenvalue weighted by Crippen LogP contribution is 2.42. The van der Waals surface area contributed by atoms with E-state index >= 15 is 0 Å². The van der Waals surface area contributed by atoms with Gasteiger partial charge in [-0.15, -0.1) is 10.2 Å². The molecule has 7 nitrogen and oxygen atoms in total. The molecule has 3 atom stereocenters. The molecule has 2 aromatic rings. The monoisotopic (exact) mass is 433 g/mol. The minimum absolute atomic E-state index is 0.0314. The van der Waals surface area contributed by atoms with Crippen LogP contribution < -0.4 is 10.7 Å². The zero-order valence-electron chi connectivity index (χ0n) is 16.8. The van der Waals surface area contributed by atoms with E-state index < -0.39 is 30.2 Å². The van der Waals surface area contributed by atoms with Crippen LogP contribution in [0.2, 0.25) is 0 Å². The van der Waals surface area contributed by atoms with E-state index in [1.165, 1.54) is 0 Å². The molecule has 2 fully saturated rings. The fourth-order valence-corrected chi connectivity index (χ4v) is 4.82. The van der Waals surface area contributed by atoms with Crippen molar-refractivity contribution in [2.45, 2.75) is 62.8 Å². The number of aromatic nitrogens is 2. The first-order valence-corrected chi connectivity index (χ1v) is 10.4. The summed E-state index contributed by atoms with van der Waals surface area (Å²) in [7, 11) is 0. The van der Waals surface area contributed by atoms with Crippen LogP contribution in [0.15, 0.2) is 40.4 Å². The molecular formula is C21H22F3N5O2. The number of nitrogens with one attached hydrogen (secondary N) is 2. The van der Waals surface area contributed by atoms with Gasteiger partial charge in [-0.1, -0.05) is 43.2 Å². The van der Waals surface area contributed by atoms with Gasteiger partial charge in [0.15, 0.2) is 0 Å². The van der Waals surface area contributed by atoms with Crippen LogP contribution in [-0.4, -0.2) is 39.5 Å². The third-order valence-electron chi connectivity index (χ3n) is 6.32. The van der Waals surface area contributed by atoms with Gasteiger partial charge in [-0.25, -0.2) is 10.4 Å². The number of rotatable bonds is 3. The van der Waals surface area contributed by atoms with Crippen LogP contribution >= 0.6 is 0 Å². The number of carbonyl (C=O) groups is 1. The molecular weight excluding hydrogens is 411 g/mol. The maximum Gasteiger partial charge on any atom is 0.406 e. The summed E-state index contributed by atoms with van der Waals surface area (Å²) in [6, 6.07) is 6.48. The van der Waals surface area contributed by atoms with Crippen LogP contribution in [-0.2, 0) is 4.79 Å². The van der Waals surface area contributed by atoms with Crippen LogP contribution in [0.25, 0.3) is 5.57 Å². The number of fused-ring (bicyclic) bond motifs is 1. The predicted octanol–water partition coefficient (Wildman–Crippen LogP) is 3.45. The van der Waals surface area contributed by atoms with E-state index in [1.807, 2.05) is 0 Å². The second kappa shape index (κ2) is 7.37. The largest absolute Gasteiger partial charge is 0.420 e. The molecule has 0 spiro atoms. The summed E-state index contributed by atoms with van der Waals surface area (Å²) in [5.74, 6) is -0.950. The maximum absolute atomic E-state index is 13.9. The summed E-state index contributed by atoms with van der Waals surface area (Å²) in [5, 5.41) is 12.2. The number of carbonyl (C=O) groups excluding carboxylic acids is 1. The molecule has 1 aliphatic carbocycles. The van der Waals surface area contributed by atoms with Gasteiger partial charge in [-0.2, -0.15) is 13.2 Å². The highest BCUT2D eigenvalue weighted by Gasteiger charge is 2.58. The van der Waals surface area contributed by atoms with E-state index in [2.05, 4.69) is 20.9 Å². The minimum Gasteiger partial charge on any atom is -0.420 e. The van der Waals surface area contributed by atoms with Gasteiger partial charge < -0.3 is 9.73 Å². The summed E-state index contributed by atoms with van der Waals surface area (Å²) in [5.41, 5.74) is 3.38. The van der Waals surface area contributed by atoms with Crippen molar-refractivity contribution in [1.82, 2.24) is 25.9 Å². The Morgan fingerprint density at radius 3 is 2.52 bits per heavy atom. The fraction of sp³-hybridized carbons (Fsp3) is 0.476. The van der Waals surface area contributed by atoms with Crippen molar-refractivity contribution in [2.75, 3.05) is 0 Å². The van der Waals surface area contributed by atoms with Crippen LogP contribution in [0.4, 0.5) is 13.2 Å². The van der Waals surface area contributed by atoms with E-state index in [9.17, 15) is 18.0 Å². The van der Waals surface area contributed by atoms with Gasteiger partial charge in [-0.05, 0) is 25.3 Å². The van der Waals surface area contributed by atoms with Crippen molar-refractivity contribution in [3.05, 3.63) is 53.4 Å². The predicted molar refractivity (Wildman–Crippen MR) is 104 cm³/mol. The summed E-state index contributed by atoms with van der Waals surface area (Å²) in [6.07, 6.45) is -1.37. The quantitative estimate of drug-likeness (QED) is 0.772. The number of allylic oxidation sites excluding steroid dienone is 1. The molecule has 10 heteroatoms. The number of nitrogens with zero attached hydrogens (tertiary/aromatic N) is 3. The Balaban J connectivity index is 1.50. The van der Waals surface area contributed by atoms with Gasteiger partial charge in [0.05, 0.1) is 5.92 Å². The van der Waals surface area contributed by atoms with E-state index in [-0.39, 0.29) is 17.4 Å². The standard InChI is InChI=1S/C21H22F3N5O2/c1-11-14(19-27-26-18(31-19)13-9-5-6-10-13)20(30)29-17(25-11)15(12-7-3-2-4-8-12)16(28-29)21(22,23)24/h2-4,7-8,13,15-17,25,28H,5-6,9-10H2,1H3. The summed E-state index contributed by atoms with van der Waals surface area (Å²) < 4.78 is 47.4. The summed E-state index contributed by atoms with van der Waals surface area (Å²) in [6.45, 7) is 1.65. The normalized spacial score (nSPS) is 27.0. The Kier molecular flexibility index (Phi) is 4.76. The topological polar surface area (TPSA) is 83.3 Å². The van der Waals surface area contributed by atoms with Gasteiger partial charge in [0, 0.05) is 11.6 Å². The smallest absolute Gasteiger partial charge is 0.406 e. The summed E-state index contributed by atoms with van der Waals surface area (Å²) >= 11 is 0. The Bertz CT molecular complexity index is 1010. The molecule has 2 N–H and O–H groups in total. The highest BCUT2D eigenvalue weighted by atomic mass is 19.4. The minimum atomic E-state index is -4.55. The van der Waals surface area contributed by atoms with Crippen LogP contribution in [0.5, 0.6) is 0 Å². The zero-order chi connectivity index (χ0) is 21.8. The number of alkyl halides is 3. The van der Waals surface area contributed by atoms with Gasteiger partial charge >= 0.3 is 6.18 Å². The van der Waals surface area contributed by atoms with Crippen molar-refractivity contribution in [3.8, 4) is 0 Å². The molecule has 0 bridgehead atoms. The van der Waals surface area contributed by atoms with E-state index in [4.69, 9.17) is 4.42 Å². The first kappa shape index (κ1) is 20.0. The fourth-order valence-electron chi connectivity index (χ4n) is 4.82. The van der Waals surface area contributed by atoms with Crippen molar-refractivity contribution < 1.29 is 22.4 Å². The lowest BCUT2D eigenvalue weighted by atomic mass is 9.89. The van der Waals surface area contributed by atoms with Crippen molar-refractivity contribution in [2.24, 2.45) is 0 Å². The number of hydrogen-bond donors (Lipinski definition) is 2. The average Bonchev–Trinajstić information content (AvgIpc) is 3.47. The molecule has 1 aromatic heterocycles. The second-order valence-electron chi connectivity index (χ2n) is 8.28. The number of amides is 1. The van der Waals surface area contributed by atoms with Crippen LogP contribution in [0.3, 0.4) is 0 Å². The Morgan fingerprint density at radius 2 is 1.84 bits per heavy atom. The molecule has 31 heavy (non-hydrogen) atoms. The molecule has 5 rings (SSSR count). The SMILES string of the molecule is CC1=C(c2nnc(C3CCCC3)o2)C(=O)N2NC(C(F)(F)F)C(c3ccccc3)C2N1. The van der Waals surface area contributed by atoms with Gasteiger partial charge in [0.1, 0.15) is 17.8 Å². The molecule has 0 radical (unpaired) electrons. The molecule has 3 aliphatic rings. The second-order valence-corrected chi connectivity index (χ2v) is 8.28. The number of halogens is 3. The van der Waals surface area contributed by atoms with Gasteiger partial charge in [0.2, 0.25) is 5.89 Å². The third kappa shape index (κ3) is 3.38. The lowest BCUT2D eigenvalue weighted by Crippen LogP contribution is -2.54. The van der Waals surface area contributed by atoms with E-state index in [0.717, 1.165) is 30.7 Å². The number of hydrazine groups is 1. The molecule has 1 saturated heterocycles. The Labute approximate surface area is 176 Å². The third-order valence-corrected chi connectivity index (χ3v) is 6.32. The molecule has 3 heterocycles. The first-order valence-electron chi connectivity index (χ1n) is 10.4. The Hall–Kier alpha value is -2.88. The first-order chi connectivity index (χ1) is 14.8. The van der Waals surface area contributed by atoms with E-state index in [1.54, 1.807) is 37.3 Å². The van der Waals surface area contributed by atoms with Gasteiger partial charge in [-0.3, -0.25) is 4.79 Å². The van der Waals surface area contributed by atoms with E-state index in [0.29, 0.717) is 17.2 Å². The Morgan fingerprint density at radius 1 is 1.13 bits per heavy atom. The molecule has 2 aliphatic heterocycles. The maximum atomic E-state index is 13.9. The number of hydrogen-bond acceptors (Lipinski definition) is 6. The molecule has 1 saturated carbocycles.